The van der Waals surface area contributed by atoms with Crippen LogP contribution in [-0.4, -0.2) is 35.7 Å². The highest BCUT2D eigenvalue weighted by Gasteiger charge is 2.31. The van der Waals surface area contributed by atoms with Crippen LogP contribution in [0.25, 0.3) is 20.8 Å². The maximum Gasteiger partial charge on any atom is 0.296 e. The van der Waals surface area contributed by atoms with Crippen molar-refractivity contribution < 1.29 is 22.6 Å². The third-order valence-electron chi connectivity index (χ3n) is 4.61. The largest absolute Gasteiger partial charge is 0.328 e. The van der Waals surface area contributed by atoms with Crippen LogP contribution in [0, 0.1) is 6.92 Å². The maximum absolute atomic E-state index is 11.9. The van der Waals surface area contributed by atoms with E-state index in [4.69, 9.17) is 0 Å². The van der Waals surface area contributed by atoms with E-state index in [1.807, 2.05) is 0 Å². The third kappa shape index (κ3) is 4.15. The molecule has 158 valence electrons. The van der Waals surface area contributed by atoms with Gasteiger partial charge in [0, 0.05) is 17.7 Å². The van der Waals surface area contributed by atoms with E-state index in [0.29, 0.717) is 37.7 Å². The molecule has 0 bridgehead atoms. The van der Waals surface area contributed by atoms with Crippen molar-refractivity contribution in [3.05, 3.63) is 54.2 Å². The fraction of sp³-hybridized carbons (Fsp3) is 0.150. The number of Topliss-reactive ketones (excluding diaryl/α,β-unsaturated/α-hetero) is 1. The van der Waals surface area contributed by atoms with Crippen LogP contribution >= 0.6 is 11.3 Å². The van der Waals surface area contributed by atoms with Crippen molar-refractivity contribution in [3.8, 4) is 10.6 Å². The van der Waals surface area contributed by atoms with Crippen LogP contribution in [0.1, 0.15) is 12.0 Å². The maximum atomic E-state index is 11.9. The van der Waals surface area contributed by atoms with E-state index in [1.54, 1.807) is 43.3 Å². The summed E-state index contributed by atoms with van der Waals surface area (Å²) in [6.07, 6.45) is 0.0248. The highest BCUT2D eigenvalue weighted by atomic mass is 32.2. The molecular weight excluding hydrogens is 440 g/mol. The van der Waals surface area contributed by atoms with E-state index in [9.17, 15) is 22.6 Å². The van der Waals surface area contributed by atoms with E-state index in [-0.39, 0.29) is 17.1 Å². The second kappa shape index (κ2) is 7.76. The normalized spacial score (nSPS) is 17.5. The number of hydrogen-bond donors (Lipinski definition) is 2. The van der Waals surface area contributed by atoms with Gasteiger partial charge in [0.05, 0.1) is 15.9 Å². The van der Waals surface area contributed by atoms with Crippen molar-refractivity contribution in [1.82, 2.24) is 10.3 Å². The lowest BCUT2D eigenvalue weighted by molar-refractivity contribution is -0.131. The Balaban J connectivity index is 1.62. The first-order chi connectivity index (χ1) is 14.6. The molecule has 2 N–H and O–H groups in total. The van der Waals surface area contributed by atoms with Gasteiger partial charge in [-0.25, -0.2) is 4.98 Å². The number of fused-ring (bicyclic) bond motifs is 1. The highest BCUT2D eigenvalue weighted by Crippen LogP contribution is 2.36. The molecule has 1 amide bonds. The van der Waals surface area contributed by atoms with Gasteiger partial charge >= 0.3 is 0 Å². The fourth-order valence-corrected chi connectivity index (χ4v) is 5.48. The van der Waals surface area contributed by atoms with Crippen LogP contribution in [0.15, 0.2) is 63.8 Å². The topological polar surface area (TPSA) is 138 Å². The molecule has 1 unspecified atom stereocenters. The number of nitrogens with zero attached hydrogens (tertiary/aromatic N) is 3. The summed E-state index contributed by atoms with van der Waals surface area (Å²) in [6.45, 7) is 5.17. The molecule has 0 saturated carbocycles. The Hall–Kier alpha value is -3.28. The van der Waals surface area contributed by atoms with Crippen LogP contribution < -0.4 is 5.32 Å². The van der Waals surface area contributed by atoms with Crippen LogP contribution in [-0.2, 0) is 19.7 Å². The number of carbonyl (C=O) groups is 2. The van der Waals surface area contributed by atoms with E-state index < -0.39 is 22.1 Å². The molecule has 1 atom stereocenters. The molecule has 11 heteroatoms. The van der Waals surface area contributed by atoms with Gasteiger partial charge in [-0.2, -0.15) is 18.6 Å². The van der Waals surface area contributed by atoms with E-state index >= 15 is 0 Å². The quantitative estimate of drug-likeness (QED) is 0.350. The highest BCUT2D eigenvalue weighted by molar-refractivity contribution is 7.86. The predicted octanol–water partition coefficient (Wildman–Crippen LogP) is 3.57. The summed E-state index contributed by atoms with van der Waals surface area (Å²) in [7, 11) is -4.39. The SMILES string of the molecule is C=C1CC(=O)C(N=Nc2ccc(-c3nc4ccc(C)c(S(=O)(=O)O)c4s3)cc2)C(=O)N1. The van der Waals surface area contributed by atoms with Crippen molar-refractivity contribution in [2.24, 2.45) is 10.2 Å². The number of rotatable bonds is 4. The zero-order valence-corrected chi connectivity index (χ0v) is 17.8. The number of thiazole rings is 1. The smallest absolute Gasteiger partial charge is 0.296 e. The summed E-state index contributed by atoms with van der Waals surface area (Å²) in [5.41, 5.74) is 2.39. The first kappa shape index (κ1) is 21.0. The van der Waals surface area contributed by atoms with Crippen molar-refractivity contribution >= 4 is 49.0 Å². The molecule has 2 heterocycles. The number of ketones is 1. The molecule has 2 aromatic carbocycles. The predicted molar refractivity (Wildman–Crippen MR) is 115 cm³/mol. The summed E-state index contributed by atoms with van der Waals surface area (Å²) >= 11 is 1.15. The van der Waals surface area contributed by atoms with Gasteiger partial charge in [-0.3, -0.25) is 14.1 Å². The van der Waals surface area contributed by atoms with Crippen molar-refractivity contribution in [2.45, 2.75) is 24.3 Å². The number of aryl methyl sites for hydroxylation is 1. The van der Waals surface area contributed by atoms with Crippen LogP contribution in [0.5, 0.6) is 0 Å². The molecule has 0 spiro atoms. The monoisotopic (exact) mass is 456 g/mol. The van der Waals surface area contributed by atoms with Crippen LogP contribution in [0.4, 0.5) is 5.69 Å². The van der Waals surface area contributed by atoms with Gasteiger partial charge in [0.1, 0.15) is 9.90 Å². The van der Waals surface area contributed by atoms with Gasteiger partial charge < -0.3 is 5.32 Å². The summed E-state index contributed by atoms with van der Waals surface area (Å²) in [5, 5.41) is 10.9. The van der Waals surface area contributed by atoms with Crippen molar-refractivity contribution in [1.29, 1.82) is 0 Å². The number of allylic oxidation sites excluding steroid dienone is 1. The molecule has 1 saturated heterocycles. The van der Waals surface area contributed by atoms with Crippen molar-refractivity contribution in [3.63, 3.8) is 0 Å². The Kier molecular flexibility index (Phi) is 5.25. The first-order valence-electron chi connectivity index (χ1n) is 9.04. The average Bonchev–Trinajstić information content (AvgIpc) is 3.10. The van der Waals surface area contributed by atoms with Gasteiger partial charge in [-0.15, -0.1) is 11.3 Å². The number of nitrogens with one attached hydrogen (secondary N) is 1. The third-order valence-corrected chi connectivity index (χ3v) is 6.92. The average molecular weight is 457 g/mol. The molecule has 1 aromatic heterocycles. The lowest BCUT2D eigenvalue weighted by atomic mass is 10.0. The van der Waals surface area contributed by atoms with E-state index in [0.717, 1.165) is 11.3 Å². The van der Waals surface area contributed by atoms with Crippen molar-refractivity contribution in [2.75, 3.05) is 0 Å². The molecule has 1 aliphatic rings. The second-order valence-corrected chi connectivity index (χ2v) is 9.31. The Labute approximate surface area is 181 Å². The minimum Gasteiger partial charge on any atom is -0.328 e. The van der Waals surface area contributed by atoms with E-state index in [1.165, 1.54) is 0 Å². The van der Waals surface area contributed by atoms with Gasteiger partial charge in [0.25, 0.3) is 16.0 Å². The fourth-order valence-electron chi connectivity index (χ4n) is 3.16. The minimum absolute atomic E-state index is 0.0248. The second-order valence-electron chi connectivity index (χ2n) is 6.95. The number of hydrogen-bond acceptors (Lipinski definition) is 8. The molecule has 3 aromatic rings. The first-order valence-corrected chi connectivity index (χ1v) is 11.3. The number of azo groups is 1. The Morgan fingerprint density at radius 1 is 1.19 bits per heavy atom. The summed E-state index contributed by atoms with van der Waals surface area (Å²) < 4.78 is 33.5. The molecule has 0 aliphatic carbocycles. The zero-order valence-electron chi connectivity index (χ0n) is 16.2. The molecule has 1 aliphatic heterocycles. The number of carbonyl (C=O) groups excluding carboxylic acids is 2. The number of benzene rings is 2. The Bertz CT molecular complexity index is 1350. The number of piperidine rings is 1. The van der Waals surface area contributed by atoms with Gasteiger partial charge in [0.15, 0.2) is 5.78 Å². The molecule has 31 heavy (non-hydrogen) atoms. The van der Waals surface area contributed by atoms with Gasteiger partial charge in [0.2, 0.25) is 6.04 Å². The lowest BCUT2D eigenvalue weighted by Gasteiger charge is -2.18. The summed E-state index contributed by atoms with van der Waals surface area (Å²) in [5.74, 6) is -0.922. The van der Waals surface area contributed by atoms with Gasteiger partial charge in [-0.1, -0.05) is 12.6 Å². The molecule has 9 nitrogen and oxygen atoms in total. The number of aromatic nitrogens is 1. The summed E-state index contributed by atoms with van der Waals surface area (Å²) in [4.78, 5) is 28.1. The molecule has 0 radical (unpaired) electrons. The van der Waals surface area contributed by atoms with Crippen LogP contribution in [0.3, 0.4) is 0 Å². The van der Waals surface area contributed by atoms with E-state index in [2.05, 4.69) is 27.1 Å². The Morgan fingerprint density at radius 2 is 1.90 bits per heavy atom. The number of amides is 1. The van der Waals surface area contributed by atoms with Crippen LogP contribution in [0.2, 0.25) is 0 Å². The standard InChI is InChI=1S/C20H16N4O5S2/c1-10-3-8-14-17(18(10)31(27,28)29)30-20(22-14)12-4-6-13(7-5-12)23-24-16-15(25)9-11(2)21-19(16)26/h3-8,16H,2,9H2,1H3,(H,21,26)(H,27,28,29). The zero-order chi connectivity index (χ0) is 22.3. The molecule has 1 fully saturated rings. The Morgan fingerprint density at radius 3 is 2.55 bits per heavy atom. The molecule has 4 rings (SSSR count). The summed E-state index contributed by atoms with van der Waals surface area (Å²) in [6, 6.07) is 8.82. The molecular formula is C20H16N4O5S2. The van der Waals surface area contributed by atoms with Gasteiger partial charge in [-0.05, 0) is 42.8 Å². The lowest BCUT2D eigenvalue weighted by Crippen LogP contribution is -2.43. The minimum atomic E-state index is -4.39.